The summed E-state index contributed by atoms with van der Waals surface area (Å²) in [6.45, 7) is 6.43. The Morgan fingerprint density at radius 1 is 1.20 bits per heavy atom. The van der Waals surface area contributed by atoms with Gasteiger partial charge in [-0.15, -0.1) is 0 Å². The summed E-state index contributed by atoms with van der Waals surface area (Å²) in [5.74, 6) is -0.229. The second kappa shape index (κ2) is 6.27. The first kappa shape index (κ1) is 16.5. The molecule has 1 unspecified atom stereocenters. The highest BCUT2D eigenvalue weighted by atomic mass is 16.3. The van der Waals surface area contributed by atoms with Crippen LogP contribution in [0.25, 0.3) is 0 Å². The van der Waals surface area contributed by atoms with Crippen LogP contribution in [-0.4, -0.2) is 28.1 Å². The van der Waals surface area contributed by atoms with Crippen molar-refractivity contribution in [3.63, 3.8) is 0 Å². The zero-order valence-corrected chi connectivity index (χ0v) is 12.6. The molecule has 0 aromatic rings. The molecule has 0 aromatic heterocycles. The van der Waals surface area contributed by atoms with E-state index in [1.54, 1.807) is 20.8 Å². The second-order valence-corrected chi connectivity index (χ2v) is 5.81. The lowest BCUT2D eigenvalue weighted by Gasteiger charge is -2.24. The van der Waals surface area contributed by atoms with E-state index in [0.29, 0.717) is 42.4 Å². The summed E-state index contributed by atoms with van der Waals surface area (Å²) in [6, 6.07) is 0. The van der Waals surface area contributed by atoms with E-state index in [4.69, 9.17) is 0 Å². The van der Waals surface area contributed by atoms with Crippen molar-refractivity contribution in [1.82, 2.24) is 0 Å². The predicted molar refractivity (Wildman–Crippen MR) is 76.2 cm³/mol. The smallest absolute Gasteiger partial charge is 0.185 e. The molecular weight excluding hydrogens is 256 g/mol. The van der Waals surface area contributed by atoms with Gasteiger partial charge in [-0.3, -0.25) is 9.59 Å². The lowest BCUT2D eigenvalue weighted by molar-refractivity contribution is -0.118. The van der Waals surface area contributed by atoms with Crippen LogP contribution in [0.3, 0.4) is 0 Å². The van der Waals surface area contributed by atoms with E-state index < -0.39 is 5.60 Å². The van der Waals surface area contributed by atoms with E-state index in [-0.39, 0.29) is 17.3 Å². The standard InChI is InChI=1S/C16H22O4/c1-10(17)5-7-16(4,20)8-6-13-9-14(18)11(2)12(3)15(13)19/h9,20H,5-8H2,1-4H3. The Bertz CT molecular complexity index is 507. The maximum Gasteiger partial charge on any atom is 0.185 e. The van der Waals surface area contributed by atoms with Crippen molar-refractivity contribution in [2.45, 2.75) is 59.0 Å². The third-order valence-corrected chi connectivity index (χ3v) is 3.82. The minimum absolute atomic E-state index is 0.0304. The molecule has 0 amide bonds. The average Bonchev–Trinajstić information content (AvgIpc) is 2.37. The monoisotopic (exact) mass is 278 g/mol. The van der Waals surface area contributed by atoms with Crippen molar-refractivity contribution in [2.24, 2.45) is 0 Å². The molecule has 0 aliphatic heterocycles. The molecule has 0 fully saturated rings. The van der Waals surface area contributed by atoms with E-state index in [2.05, 4.69) is 0 Å². The van der Waals surface area contributed by atoms with E-state index in [1.807, 2.05) is 0 Å². The van der Waals surface area contributed by atoms with Crippen molar-refractivity contribution >= 4 is 17.3 Å². The van der Waals surface area contributed by atoms with Crippen LogP contribution >= 0.6 is 0 Å². The van der Waals surface area contributed by atoms with Crippen LogP contribution in [0.4, 0.5) is 0 Å². The number of carbonyl (C=O) groups excluding carboxylic acids is 3. The lowest BCUT2D eigenvalue weighted by Crippen LogP contribution is -2.26. The van der Waals surface area contributed by atoms with Crippen LogP contribution < -0.4 is 0 Å². The van der Waals surface area contributed by atoms with Gasteiger partial charge >= 0.3 is 0 Å². The first-order valence-electron chi connectivity index (χ1n) is 6.83. The van der Waals surface area contributed by atoms with Gasteiger partial charge in [0.15, 0.2) is 11.6 Å². The maximum atomic E-state index is 12.1. The molecule has 4 heteroatoms. The Morgan fingerprint density at radius 2 is 1.80 bits per heavy atom. The number of carbonyl (C=O) groups is 3. The second-order valence-electron chi connectivity index (χ2n) is 5.81. The van der Waals surface area contributed by atoms with Gasteiger partial charge in [0.25, 0.3) is 0 Å². The van der Waals surface area contributed by atoms with Crippen molar-refractivity contribution in [2.75, 3.05) is 0 Å². The summed E-state index contributed by atoms with van der Waals surface area (Å²) in [5, 5.41) is 10.2. The van der Waals surface area contributed by atoms with Gasteiger partial charge in [-0.2, -0.15) is 0 Å². The summed E-state index contributed by atoms with van der Waals surface area (Å²) in [6.07, 6.45) is 2.76. The Kier molecular flexibility index (Phi) is 5.17. The van der Waals surface area contributed by atoms with Crippen molar-refractivity contribution in [1.29, 1.82) is 0 Å². The summed E-state index contributed by atoms with van der Waals surface area (Å²) < 4.78 is 0. The molecule has 1 N–H and O–H groups in total. The first-order valence-corrected chi connectivity index (χ1v) is 6.83. The molecule has 0 saturated heterocycles. The molecule has 0 bridgehead atoms. The highest BCUT2D eigenvalue weighted by molar-refractivity contribution is 6.22. The van der Waals surface area contributed by atoms with E-state index in [0.717, 1.165) is 0 Å². The quantitative estimate of drug-likeness (QED) is 0.757. The highest BCUT2D eigenvalue weighted by Gasteiger charge is 2.26. The minimum atomic E-state index is -1.00. The number of hydrogen-bond donors (Lipinski definition) is 1. The fraction of sp³-hybridized carbons (Fsp3) is 0.562. The summed E-state index contributed by atoms with van der Waals surface area (Å²) in [7, 11) is 0. The van der Waals surface area contributed by atoms with Gasteiger partial charge in [0, 0.05) is 23.1 Å². The zero-order valence-electron chi connectivity index (χ0n) is 12.6. The van der Waals surface area contributed by atoms with Crippen LogP contribution in [0.5, 0.6) is 0 Å². The first-order chi connectivity index (χ1) is 9.14. The normalized spacial score (nSPS) is 18.9. The number of rotatable bonds is 6. The number of allylic oxidation sites excluding steroid dienone is 4. The molecule has 1 aliphatic carbocycles. The van der Waals surface area contributed by atoms with Crippen LogP contribution in [0.15, 0.2) is 22.8 Å². The summed E-state index contributed by atoms with van der Waals surface area (Å²) in [5.41, 5.74) is 0.416. The van der Waals surface area contributed by atoms with Crippen molar-refractivity contribution in [3.05, 3.63) is 22.8 Å². The zero-order chi connectivity index (χ0) is 15.5. The van der Waals surface area contributed by atoms with Gasteiger partial charge < -0.3 is 9.90 Å². The van der Waals surface area contributed by atoms with E-state index in [9.17, 15) is 19.5 Å². The Hall–Kier alpha value is -1.55. The van der Waals surface area contributed by atoms with Gasteiger partial charge in [0.05, 0.1) is 5.60 Å². The SMILES string of the molecule is CC(=O)CCC(C)(O)CCC1=CC(=O)C(C)=C(C)C1=O. The molecule has 0 heterocycles. The van der Waals surface area contributed by atoms with Gasteiger partial charge in [0.2, 0.25) is 0 Å². The lowest BCUT2D eigenvalue weighted by atomic mass is 9.85. The highest BCUT2D eigenvalue weighted by Crippen LogP contribution is 2.26. The Balaban J connectivity index is 2.66. The molecule has 110 valence electrons. The van der Waals surface area contributed by atoms with Crippen LogP contribution in [0.2, 0.25) is 0 Å². The minimum Gasteiger partial charge on any atom is -0.390 e. The number of aliphatic hydroxyl groups is 1. The topological polar surface area (TPSA) is 71.4 Å². The number of ketones is 3. The fourth-order valence-electron chi connectivity index (χ4n) is 2.09. The molecule has 0 saturated carbocycles. The molecule has 0 aromatic carbocycles. The largest absolute Gasteiger partial charge is 0.390 e. The fourth-order valence-corrected chi connectivity index (χ4v) is 2.09. The van der Waals surface area contributed by atoms with Crippen LogP contribution in [0, 0.1) is 0 Å². The predicted octanol–water partition coefficient (Wildman–Crippen LogP) is 2.30. The van der Waals surface area contributed by atoms with Crippen LogP contribution in [-0.2, 0) is 14.4 Å². The number of Topliss-reactive ketones (excluding diaryl/α,β-unsaturated/α-hetero) is 2. The Labute approximate surface area is 119 Å². The molecule has 20 heavy (non-hydrogen) atoms. The van der Waals surface area contributed by atoms with E-state index in [1.165, 1.54) is 13.0 Å². The molecular formula is C16H22O4. The van der Waals surface area contributed by atoms with Gasteiger partial charge in [0.1, 0.15) is 5.78 Å². The van der Waals surface area contributed by atoms with Crippen molar-refractivity contribution in [3.8, 4) is 0 Å². The molecule has 1 aliphatic rings. The van der Waals surface area contributed by atoms with Crippen LogP contribution in [0.1, 0.15) is 53.4 Å². The van der Waals surface area contributed by atoms with Gasteiger partial charge in [-0.05, 0) is 53.0 Å². The third kappa shape index (κ3) is 4.23. The summed E-state index contributed by atoms with van der Waals surface area (Å²) in [4.78, 5) is 34.7. The Morgan fingerprint density at radius 3 is 2.35 bits per heavy atom. The molecule has 0 spiro atoms. The van der Waals surface area contributed by atoms with E-state index >= 15 is 0 Å². The van der Waals surface area contributed by atoms with Gasteiger partial charge in [-0.1, -0.05) is 0 Å². The van der Waals surface area contributed by atoms with Crippen molar-refractivity contribution < 1.29 is 19.5 Å². The third-order valence-electron chi connectivity index (χ3n) is 3.82. The van der Waals surface area contributed by atoms with Gasteiger partial charge in [-0.25, -0.2) is 0 Å². The number of hydrogen-bond acceptors (Lipinski definition) is 4. The molecule has 0 radical (unpaired) electrons. The summed E-state index contributed by atoms with van der Waals surface area (Å²) >= 11 is 0. The molecule has 1 rings (SSSR count). The molecule has 4 nitrogen and oxygen atoms in total. The molecule has 1 atom stereocenters. The average molecular weight is 278 g/mol. The maximum absolute atomic E-state index is 12.1.